The average molecular weight is 256 g/mol. The lowest BCUT2D eigenvalue weighted by atomic mass is 10.3. The van der Waals surface area contributed by atoms with Crippen molar-refractivity contribution in [2.24, 2.45) is 0 Å². The Bertz CT molecular complexity index is 571. The zero-order valence-corrected chi connectivity index (χ0v) is 9.09. The van der Waals surface area contributed by atoms with Gasteiger partial charge >= 0.3 is 5.97 Å². The fourth-order valence-electron chi connectivity index (χ4n) is 1.20. The van der Waals surface area contributed by atoms with E-state index >= 15 is 0 Å². The number of hydrogen-bond donors (Lipinski definition) is 2. The van der Waals surface area contributed by atoms with E-state index in [1.165, 1.54) is 11.6 Å². The van der Waals surface area contributed by atoms with Gasteiger partial charge in [-0.1, -0.05) is 0 Å². The molecule has 0 amide bonds. The number of benzene rings is 1. The fraction of sp³-hybridized carbons (Fsp3) is 0. The molecule has 0 aliphatic heterocycles. The number of thiazole rings is 1. The molecule has 17 heavy (non-hydrogen) atoms. The van der Waals surface area contributed by atoms with Gasteiger partial charge in [0.05, 0.1) is 11.2 Å². The number of carboxylic acid groups (broad SMARTS) is 1. The Morgan fingerprint density at radius 3 is 2.82 bits per heavy atom. The summed E-state index contributed by atoms with van der Waals surface area (Å²) in [4.78, 5) is 14.4. The Balaban J connectivity index is 2.31. The molecule has 0 aliphatic carbocycles. The van der Waals surface area contributed by atoms with Gasteiger partial charge < -0.3 is 10.4 Å². The van der Waals surface area contributed by atoms with Gasteiger partial charge in [-0.05, 0) is 12.1 Å². The molecule has 1 aromatic heterocycles. The van der Waals surface area contributed by atoms with E-state index in [1.807, 2.05) is 0 Å². The average Bonchev–Trinajstić information content (AvgIpc) is 2.70. The summed E-state index contributed by atoms with van der Waals surface area (Å²) in [5.41, 5.74) is 1.13. The second-order valence-corrected chi connectivity index (χ2v) is 3.94. The second kappa shape index (κ2) is 4.46. The Labute approximate surface area is 98.6 Å². The number of anilines is 2. The van der Waals surface area contributed by atoms with Crippen LogP contribution in [-0.2, 0) is 0 Å². The lowest BCUT2D eigenvalue weighted by molar-refractivity contribution is 0.0692. The first-order valence-corrected chi connectivity index (χ1v) is 5.35. The predicted octanol–water partition coefficient (Wildman–Crippen LogP) is 2.86. The molecule has 2 rings (SSSR count). The summed E-state index contributed by atoms with van der Waals surface area (Å²) >= 11 is 1.02. The fourth-order valence-corrected chi connectivity index (χ4v) is 1.88. The highest BCUT2D eigenvalue weighted by molar-refractivity contribution is 7.14. The lowest BCUT2D eigenvalue weighted by Crippen LogP contribution is -2.02. The highest BCUT2D eigenvalue weighted by atomic mass is 32.1. The molecule has 0 radical (unpaired) electrons. The third-order valence-electron chi connectivity index (χ3n) is 1.95. The van der Waals surface area contributed by atoms with E-state index in [1.54, 1.807) is 0 Å². The zero-order valence-electron chi connectivity index (χ0n) is 8.28. The van der Waals surface area contributed by atoms with Gasteiger partial charge in [0, 0.05) is 6.07 Å². The predicted molar refractivity (Wildman–Crippen MR) is 58.7 cm³/mol. The van der Waals surface area contributed by atoms with Crippen molar-refractivity contribution in [3.05, 3.63) is 41.0 Å². The molecule has 0 saturated heterocycles. The minimum Gasteiger partial charge on any atom is -0.476 e. The number of nitrogens with one attached hydrogen (secondary N) is 1. The molecule has 0 saturated carbocycles. The molecule has 2 aromatic rings. The molecule has 0 bridgehead atoms. The zero-order chi connectivity index (χ0) is 12.4. The summed E-state index contributed by atoms with van der Waals surface area (Å²) in [5, 5.41) is 11.6. The Hall–Kier alpha value is -2.02. The number of carboxylic acids is 1. The van der Waals surface area contributed by atoms with Crippen molar-refractivity contribution in [3.8, 4) is 0 Å². The standard InChI is InChI=1S/C10H6F2N2O2S/c11-5-1-2-7(6(12)3-5)14-9-8(10(15)16)13-4-17-9/h1-4,14H,(H,15,16). The van der Waals surface area contributed by atoms with Crippen molar-refractivity contribution >= 4 is 28.0 Å². The third-order valence-corrected chi connectivity index (χ3v) is 2.69. The molecule has 4 nitrogen and oxygen atoms in total. The molecule has 0 spiro atoms. The quantitative estimate of drug-likeness (QED) is 0.886. The maximum atomic E-state index is 13.3. The Kier molecular flexibility index (Phi) is 3.01. The van der Waals surface area contributed by atoms with E-state index in [9.17, 15) is 13.6 Å². The number of aromatic carboxylic acids is 1. The van der Waals surface area contributed by atoms with E-state index in [0.717, 1.165) is 17.4 Å². The number of aromatic nitrogens is 1. The first-order chi connectivity index (χ1) is 8.08. The van der Waals surface area contributed by atoms with Gasteiger partial charge in [-0.3, -0.25) is 0 Å². The van der Waals surface area contributed by atoms with Crippen molar-refractivity contribution in [1.29, 1.82) is 0 Å². The van der Waals surface area contributed by atoms with E-state index in [4.69, 9.17) is 5.11 Å². The highest BCUT2D eigenvalue weighted by Gasteiger charge is 2.15. The van der Waals surface area contributed by atoms with Crippen LogP contribution in [-0.4, -0.2) is 16.1 Å². The topological polar surface area (TPSA) is 62.2 Å². The lowest BCUT2D eigenvalue weighted by Gasteiger charge is -2.05. The highest BCUT2D eigenvalue weighted by Crippen LogP contribution is 2.26. The molecular weight excluding hydrogens is 250 g/mol. The molecule has 0 fully saturated rings. The maximum Gasteiger partial charge on any atom is 0.357 e. The molecule has 88 valence electrons. The molecule has 1 heterocycles. The van der Waals surface area contributed by atoms with Gasteiger partial charge in [0.1, 0.15) is 16.6 Å². The minimum absolute atomic E-state index is 0.00171. The minimum atomic E-state index is -1.21. The number of hydrogen-bond acceptors (Lipinski definition) is 4. The van der Waals surface area contributed by atoms with Crippen molar-refractivity contribution in [2.75, 3.05) is 5.32 Å². The molecule has 1 aromatic carbocycles. The van der Waals surface area contributed by atoms with Crippen molar-refractivity contribution < 1.29 is 18.7 Å². The van der Waals surface area contributed by atoms with E-state index < -0.39 is 17.6 Å². The number of nitrogens with zero attached hydrogens (tertiary/aromatic N) is 1. The third kappa shape index (κ3) is 2.39. The van der Waals surface area contributed by atoms with Gasteiger partial charge in [0.15, 0.2) is 5.69 Å². The monoisotopic (exact) mass is 256 g/mol. The second-order valence-electron chi connectivity index (χ2n) is 3.08. The molecule has 2 N–H and O–H groups in total. The van der Waals surface area contributed by atoms with E-state index in [-0.39, 0.29) is 16.4 Å². The van der Waals surface area contributed by atoms with E-state index in [2.05, 4.69) is 10.3 Å². The van der Waals surface area contributed by atoms with Gasteiger partial charge in [0.25, 0.3) is 0 Å². The van der Waals surface area contributed by atoms with Crippen LogP contribution in [0.4, 0.5) is 19.5 Å². The summed E-state index contributed by atoms with van der Waals surface area (Å²) in [6.45, 7) is 0. The van der Waals surface area contributed by atoms with Gasteiger partial charge in [0.2, 0.25) is 0 Å². The number of carbonyl (C=O) groups is 1. The van der Waals surface area contributed by atoms with Crippen LogP contribution in [0.15, 0.2) is 23.7 Å². The van der Waals surface area contributed by atoms with Gasteiger partial charge in [-0.2, -0.15) is 0 Å². The summed E-state index contributed by atoms with van der Waals surface area (Å²) in [6, 6.07) is 2.98. The van der Waals surface area contributed by atoms with Crippen LogP contribution in [0.25, 0.3) is 0 Å². The summed E-state index contributed by atoms with van der Waals surface area (Å²) in [5.74, 6) is -2.71. The summed E-state index contributed by atoms with van der Waals surface area (Å²) in [7, 11) is 0. The summed E-state index contributed by atoms with van der Waals surface area (Å²) < 4.78 is 26.0. The van der Waals surface area contributed by atoms with Crippen LogP contribution < -0.4 is 5.32 Å². The molecule has 0 unspecified atom stereocenters. The smallest absolute Gasteiger partial charge is 0.357 e. The molecular formula is C10H6F2N2O2S. The van der Waals surface area contributed by atoms with Crippen molar-refractivity contribution in [1.82, 2.24) is 4.98 Å². The SMILES string of the molecule is O=C(O)c1ncsc1Nc1ccc(F)cc1F. The largest absolute Gasteiger partial charge is 0.476 e. The molecule has 7 heteroatoms. The van der Waals surface area contributed by atoms with Gasteiger partial charge in [-0.15, -0.1) is 11.3 Å². The first kappa shape index (κ1) is 11.5. The van der Waals surface area contributed by atoms with Crippen molar-refractivity contribution in [3.63, 3.8) is 0 Å². The van der Waals surface area contributed by atoms with E-state index in [0.29, 0.717) is 6.07 Å². The molecule has 0 atom stereocenters. The number of halogens is 2. The normalized spacial score (nSPS) is 10.2. The Morgan fingerprint density at radius 1 is 1.41 bits per heavy atom. The van der Waals surface area contributed by atoms with Crippen LogP contribution in [0.3, 0.4) is 0 Å². The molecule has 0 aliphatic rings. The van der Waals surface area contributed by atoms with Gasteiger partial charge in [-0.25, -0.2) is 18.6 Å². The van der Waals surface area contributed by atoms with Crippen LogP contribution in [0.1, 0.15) is 10.5 Å². The van der Waals surface area contributed by atoms with Crippen molar-refractivity contribution in [2.45, 2.75) is 0 Å². The maximum absolute atomic E-state index is 13.3. The van der Waals surface area contributed by atoms with Crippen LogP contribution in [0.2, 0.25) is 0 Å². The number of rotatable bonds is 3. The van der Waals surface area contributed by atoms with Crippen LogP contribution in [0, 0.1) is 11.6 Å². The Morgan fingerprint density at radius 2 is 2.18 bits per heavy atom. The first-order valence-electron chi connectivity index (χ1n) is 4.47. The van der Waals surface area contributed by atoms with Crippen LogP contribution >= 0.6 is 11.3 Å². The van der Waals surface area contributed by atoms with Crippen LogP contribution in [0.5, 0.6) is 0 Å². The summed E-state index contributed by atoms with van der Waals surface area (Å²) in [6.07, 6.45) is 0.